The van der Waals surface area contributed by atoms with Crippen LogP contribution in [0.2, 0.25) is 5.02 Å². The molecule has 0 aliphatic rings. The summed E-state index contributed by atoms with van der Waals surface area (Å²) in [6.07, 6.45) is 3.10. The number of benzene rings is 1. The van der Waals surface area contributed by atoms with Gasteiger partial charge in [0.2, 0.25) is 0 Å². The first-order valence-corrected chi connectivity index (χ1v) is 6.60. The number of hydrogen-bond acceptors (Lipinski definition) is 2. The van der Waals surface area contributed by atoms with Crippen LogP contribution < -0.4 is 5.32 Å². The zero-order valence-electron chi connectivity index (χ0n) is 10.8. The fourth-order valence-corrected chi connectivity index (χ4v) is 1.89. The van der Waals surface area contributed by atoms with Gasteiger partial charge in [0, 0.05) is 17.8 Å². The van der Waals surface area contributed by atoms with E-state index in [1.54, 1.807) is 0 Å². The molecule has 1 N–H and O–H groups in total. The molecule has 2 rings (SSSR count). The van der Waals surface area contributed by atoms with Crippen LogP contribution in [-0.2, 0) is 6.54 Å². The molecule has 0 aliphatic carbocycles. The Bertz CT molecular complexity index is 520. The van der Waals surface area contributed by atoms with E-state index in [4.69, 9.17) is 11.6 Å². The second kappa shape index (κ2) is 6.03. The summed E-state index contributed by atoms with van der Waals surface area (Å²) < 4.78 is 1.86. The lowest BCUT2D eigenvalue weighted by Gasteiger charge is -2.04. The zero-order chi connectivity index (χ0) is 13.0. The zero-order valence-corrected chi connectivity index (χ0v) is 11.5. The van der Waals surface area contributed by atoms with E-state index < -0.39 is 0 Å². The van der Waals surface area contributed by atoms with Crippen molar-refractivity contribution in [3.8, 4) is 5.69 Å². The van der Waals surface area contributed by atoms with Crippen LogP contribution in [0.3, 0.4) is 0 Å². The van der Waals surface area contributed by atoms with Gasteiger partial charge in [-0.2, -0.15) is 5.10 Å². The van der Waals surface area contributed by atoms with E-state index in [9.17, 15) is 0 Å². The van der Waals surface area contributed by atoms with E-state index in [1.165, 1.54) is 0 Å². The second-order valence-corrected chi connectivity index (χ2v) is 4.77. The van der Waals surface area contributed by atoms with Crippen LogP contribution in [0.5, 0.6) is 0 Å². The van der Waals surface area contributed by atoms with Crippen molar-refractivity contribution < 1.29 is 0 Å². The first kappa shape index (κ1) is 13.1. The van der Waals surface area contributed by atoms with Crippen LogP contribution in [0.15, 0.2) is 30.5 Å². The van der Waals surface area contributed by atoms with Crippen molar-refractivity contribution in [3.63, 3.8) is 0 Å². The third-order valence-electron chi connectivity index (χ3n) is 2.80. The predicted octanol–water partition coefficient (Wildman–Crippen LogP) is 3.33. The van der Waals surface area contributed by atoms with E-state index in [2.05, 4.69) is 17.3 Å². The van der Waals surface area contributed by atoms with E-state index in [-0.39, 0.29) is 0 Å². The summed E-state index contributed by atoms with van der Waals surface area (Å²) in [5.74, 6) is 0. The molecule has 0 atom stereocenters. The average Bonchev–Trinajstić information content (AvgIpc) is 2.82. The number of aromatic nitrogens is 2. The molecule has 1 aromatic heterocycles. The Hall–Kier alpha value is -1.32. The number of hydrogen-bond donors (Lipinski definition) is 1. The van der Waals surface area contributed by atoms with Crippen LogP contribution in [0.1, 0.15) is 24.6 Å². The van der Waals surface area contributed by atoms with Crippen molar-refractivity contribution in [1.82, 2.24) is 15.1 Å². The smallest absolute Gasteiger partial charge is 0.0766 e. The monoisotopic (exact) mass is 263 g/mol. The van der Waals surface area contributed by atoms with E-state index >= 15 is 0 Å². The number of aryl methyl sites for hydroxylation is 1. The SMILES string of the molecule is CCCNCc1ccn(-c2ccc(C)c(Cl)c2)n1. The second-order valence-electron chi connectivity index (χ2n) is 4.36. The highest BCUT2D eigenvalue weighted by Crippen LogP contribution is 2.19. The van der Waals surface area contributed by atoms with E-state index in [1.807, 2.05) is 42.1 Å². The van der Waals surface area contributed by atoms with E-state index in [0.717, 1.165) is 41.5 Å². The molecular formula is C14H18ClN3. The molecule has 0 bridgehead atoms. The number of nitrogens with zero attached hydrogens (tertiary/aromatic N) is 2. The van der Waals surface area contributed by atoms with Gasteiger partial charge in [-0.1, -0.05) is 24.6 Å². The van der Waals surface area contributed by atoms with Crippen molar-refractivity contribution in [3.05, 3.63) is 46.7 Å². The van der Waals surface area contributed by atoms with Gasteiger partial charge in [-0.15, -0.1) is 0 Å². The summed E-state index contributed by atoms with van der Waals surface area (Å²) in [6.45, 7) is 5.97. The summed E-state index contributed by atoms with van der Waals surface area (Å²) >= 11 is 6.12. The van der Waals surface area contributed by atoms with Gasteiger partial charge in [0.05, 0.1) is 11.4 Å². The molecule has 0 saturated carbocycles. The molecule has 0 amide bonds. The molecule has 4 heteroatoms. The molecule has 0 spiro atoms. The molecule has 18 heavy (non-hydrogen) atoms. The number of nitrogens with one attached hydrogen (secondary N) is 1. The molecule has 2 aromatic rings. The highest BCUT2D eigenvalue weighted by molar-refractivity contribution is 6.31. The van der Waals surface area contributed by atoms with Crippen molar-refractivity contribution in [2.24, 2.45) is 0 Å². The van der Waals surface area contributed by atoms with Gasteiger partial charge in [0.25, 0.3) is 0 Å². The van der Waals surface area contributed by atoms with Crippen LogP contribution in [-0.4, -0.2) is 16.3 Å². The first-order chi connectivity index (χ1) is 8.70. The molecule has 0 radical (unpaired) electrons. The highest BCUT2D eigenvalue weighted by Gasteiger charge is 2.03. The summed E-state index contributed by atoms with van der Waals surface area (Å²) in [4.78, 5) is 0. The Morgan fingerprint density at radius 1 is 1.33 bits per heavy atom. The minimum atomic E-state index is 0.772. The number of halogens is 1. The standard InChI is InChI=1S/C14H18ClN3/c1-3-7-16-10-12-6-8-18(17-12)13-5-4-11(2)14(15)9-13/h4-6,8-9,16H,3,7,10H2,1-2H3. The molecule has 0 aliphatic heterocycles. The fourth-order valence-electron chi connectivity index (χ4n) is 1.72. The molecule has 0 fully saturated rings. The lowest BCUT2D eigenvalue weighted by Crippen LogP contribution is -2.14. The Labute approximate surface area is 113 Å². The van der Waals surface area contributed by atoms with Gasteiger partial charge >= 0.3 is 0 Å². The van der Waals surface area contributed by atoms with Crippen LogP contribution in [0.25, 0.3) is 5.69 Å². The minimum absolute atomic E-state index is 0.772. The van der Waals surface area contributed by atoms with Gasteiger partial charge in [0.15, 0.2) is 0 Å². The lowest BCUT2D eigenvalue weighted by atomic mass is 10.2. The average molecular weight is 264 g/mol. The highest BCUT2D eigenvalue weighted by atomic mass is 35.5. The fraction of sp³-hybridized carbons (Fsp3) is 0.357. The maximum absolute atomic E-state index is 6.12. The Kier molecular flexibility index (Phi) is 4.39. The largest absolute Gasteiger partial charge is 0.311 e. The molecule has 1 aromatic carbocycles. The quantitative estimate of drug-likeness (QED) is 0.839. The van der Waals surface area contributed by atoms with Crippen molar-refractivity contribution in [2.75, 3.05) is 6.54 Å². The molecule has 1 heterocycles. The van der Waals surface area contributed by atoms with Crippen LogP contribution >= 0.6 is 11.6 Å². The molecule has 0 unspecified atom stereocenters. The molecule has 96 valence electrons. The summed E-state index contributed by atoms with van der Waals surface area (Å²) in [6, 6.07) is 8.00. The van der Waals surface area contributed by atoms with Gasteiger partial charge < -0.3 is 5.32 Å². The normalized spacial score (nSPS) is 10.8. The third kappa shape index (κ3) is 3.12. The van der Waals surface area contributed by atoms with Crippen molar-refractivity contribution in [2.45, 2.75) is 26.8 Å². The summed E-state index contributed by atoms with van der Waals surface area (Å²) in [5.41, 5.74) is 3.12. The van der Waals surface area contributed by atoms with Gasteiger partial charge in [-0.3, -0.25) is 0 Å². The number of rotatable bonds is 5. The topological polar surface area (TPSA) is 29.9 Å². The van der Waals surface area contributed by atoms with Gasteiger partial charge in [-0.25, -0.2) is 4.68 Å². The maximum Gasteiger partial charge on any atom is 0.0766 e. The third-order valence-corrected chi connectivity index (χ3v) is 3.20. The van der Waals surface area contributed by atoms with E-state index in [0.29, 0.717) is 0 Å². The van der Waals surface area contributed by atoms with Crippen LogP contribution in [0.4, 0.5) is 0 Å². The maximum atomic E-state index is 6.12. The van der Waals surface area contributed by atoms with Gasteiger partial charge in [0.1, 0.15) is 0 Å². The Balaban J connectivity index is 2.11. The summed E-state index contributed by atoms with van der Waals surface area (Å²) in [7, 11) is 0. The lowest BCUT2D eigenvalue weighted by molar-refractivity contribution is 0.656. The molecule has 3 nitrogen and oxygen atoms in total. The van der Waals surface area contributed by atoms with Crippen LogP contribution in [0, 0.1) is 6.92 Å². The predicted molar refractivity (Wildman–Crippen MR) is 75.3 cm³/mol. The van der Waals surface area contributed by atoms with Gasteiger partial charge in [-0.05, 0) is 43.7 Å². The molecule has 0 saturated heterocycles. The van der Waals surface area contributed by atoms with Crippen molar-refractivity contribution in [1.29, 1.82) is 0 Å². The van der Waals surface area contributed by atoms with Crippen molar-refractivity contribution >= 4 is 11.6 Å². The Morgan fingerprint density at radius 3 is 2.89 bits per heavy atom. The minimum Gasteiger partial charge on any atom is -0.311 e. The first-order valence-electron chi connectivity index (χ1n) is 6.22. The Morgan fingerprint density at radius 2 is 2.17 bits per heavy atom. The summed E-state index contributed by atoms with van der Waals surface area (Å²) in [5, 5.41) is 8.63. The molecular weight excluding hydrogens is 246 g/mol.